The Morgan fingerprint density at radius 3 is 1.30 bits per heavy atom. The molecule has 2 atom stereocenters. The molecule has 2 aliphatic carbocycles. The van der Waals surface area contributed by atoms with E-state index < -0.39 is 25.8 Å². The van der Waals surface area contributed by atoms with Gasteiger partial charge in [-0.1, -0.05) is 0 Å². The molecule has 0 saturated carbocycles. The molecular weight excluding hydrogens is 846 g/mol. The fraction of sp³-hybridized carbons (Fsp3) is 0.217. The minimum atomic E-state index is -2.73. The first-order chi connectivity index (χ1) is 24.9. The van der Waals surface area contributed by atoms with Crippen LogP contribution < -0.4 is 0 Å². The zero-order valence-electron chi connectivity index (χ0n) is 31.8. The number of fused-ring (bicyclic) bond motifs is 2. The van der Waals surface area contributed by atoms with Crippen molar-refractivity contribution in [3.63, 3.8) is 0 Å². The fourth-order valence-electron chi connectivity index (χ4n) is 8.58. The fourth-order valence-corrected chi connectivity index (χ4v) is 28.7. The molecule has 0 amide bonds. The SMILES string of the molecule is Cc1ccc(C2=Cc3c(cc(C)c(C)c3-c3cccc(Cl)c3)[CH]2[Zr]([CH]2C(c3ccc(C)o3)=Cc3c2cc(C)c(C)c3-c2cccc(Cl)c2)=[Si](C)C)o1.Cl.Cl. The number of aryl methyl sites for hydroxylation is 4. The van der Waals surface area contributed by atoms with E-state index in [1.807, 2.05) is 12.1 Å². The van der Waals surface area contributed by atoms with Gasteiger partial charge in [-0.2, -0.15) is 0 Å². The smallest absolute Gasteiger partial charge is 0.147 e. The van der Waals surface area contributed by atoms with Crippen LogP contribution in [0.4, 0.5) is 0 Å². The predicted octanol–water partition coefficient (Wildman–Crippen LogP) is 15.0. The van der Waals surface area contributed by atoms with Gasteiger partial charge in [0, 0.05) is 0 Å². The van der Waals surface area contributed by atoms with E-state index in [0.29, 0.717) is 0 Å². The van der Waals surface area contributed by atoms with E-state index >= 15 is 0 Å². The second-order valence-corrected chi connectivity index (χ2v) is 33.5. The Labute approximate surface area is 349 Å². The monoisotopic (exact) mass is 886 g/mol. The second kappa shape index (κ2) is 16.0. The molecule has 276 valence electrons. The Balaban J connectivity index is 0.00000249. The standard InChI is InChI=1S/2C22H18ClO.C2H6Si.2ClH.Zr/c2*1-13-9-17-10-18(21-8-7-14(2)24-21)12-20(17)22(15(13)3)16-5-4-6-19(23)11-16;1-3-2;;;/h2*4-12H,1-3H3;1-2H3;2*1H;. The summed E-state index contributed by atoms with van der Waals surface area (Å²) in [4.78, 5) is 0. The third-order valence-corrected chi connectivity index (χ3v) is 30.8. The van der Waals surface area contributed by atoms with Crippen LogP contribution in [0.15, 0.2) is 93.8 Å². The van der Waals surface area contributed by atoms with E-state index in [1.54, 1.807) is 0 Å². The molecule has 0 radical (unpaired) electrons. The van der Waals surface area contributed by atoms with Gasteiger partial charge in [0.1, 0.15) is 0 Å². The minimum Gasteiger partial charge on any atom is -0.147 e. The van der Waals surface area contributed by atoms with E-state index in [0.717, 1.165) is 44.2 Å². The van der Waals surface area contributed by atoms with Crippen molar-refractivity contribution < 1.29 is 29.2 Å². The number of rotatable bonds is 6. The summed E-state index contributed by atoms with van der Waals surface area (Å²) in [6.07, 6.45) is 4.95. The number of hydrogen-bond acceptors (Lipinski definition) is 2. The van der Waals surface area contributed by atoms with Crippen LogP contribution in [0, 0.1) is 41.5 Å². The van der Waals surface area contributed by atoms with Crippen molar-refractivity contribution in [1.82, 2.24) is 0 Å². The molecule has 0 spiro atoms. The molecule has 4 aromatic carbocycles. The molecule has 0 aliphatic heterocycles. The first-order valence-electron chi connectivity index (χ1n) is 18.0. The van der Waals surface area contributed by atoms with Gasteiger partial charge in [0.05, 0.1) is 0 Å². The third kappa shape index (κ3) is 7.06. The molecule has 8 rings (SSSR count). The summed E-state index contributed by atoms with van der Waals surface area (Å²) < 4.78 is 13.7. The Bertz CT molecular complexity index is 2380. The minimum absolute atomic E-state index is 0. The molecule has 0 N–H and O–H groups in total. The summed E-state index contributed by atoms with van der Waals surface area (Å²) in [6.45, 7) is 18.3. The topological polar surface area (TPSA) is 26.3 Å². The van der Waals surface area contributed by atoms with Crippen LogP contribution in [0.5, 0.6) is 0 Å². The van der Waals surface area contributed by atoms with Crippen LogP contribution >= 0.6 is 48.0 Å². The van der Waals surface area contributed by atoms with Crippen LogP contribution in [0.25, 0.3) is 45.6 Å². The first-order valence-corrected chi connectivity index (χ1v) is 27.7. The molecule has 54 heavy (non-hydrogen) atoms. The van der Waals surface area contributed by atoms with Crippen molar-refractivity contribution in [2.45, 2.75) is 61.9 Å². The van der Waals surface area contributed by atoms with E-state index in [4.69, 9.17) is 32.0 Å². The number of allylic oxidation sites excluding steroid dienone is 2. The van der Waals surface area contributed by atoms with Crippen molar-refractivity contribution in [1.29, 1.82) is 0 Å². The Morgan fingerprint density at radius 2 is 0.963 bits per heavy atom. The number of halogens is 4. The molecule has 2 unspecified atom stereocenters. The van der Waals surface area contributed by atoms with Crippen molar-refractivity contribution >= 4 is 76.7 Å². The van der Waals surface area contributed by atoms with Gasteiger partial charge in [0.2, 0.25) is 0 Å². The maximum Gasteiger partial charge on any atom is -0.147 e. The molecule has 0 bridgehead atoms. The van der Waals surface area contributed by atoms with Gasteiger partial charge in [-0.25, -0.2) is 0 Å². The van der Waals surface area contributed by atoms with Crippen molar-refractivity contribution in [3.05, 3.63) is 163 Å². The third-order valence-electron chi connectivity index (χ3n) is 11.2. The molecule has 0 saturated heterocycles. The van der Waals surface area contributed by atoms with Crippen molar-refractivity contribution in [3.8, 4) is 22.3 Å². The van der Waals surface area contributed by atoms with Gasteiger partial charge < -0.3 is 0 Å². The molecule has 0 fully saturated rings. The van der Waals surface area contributed by atoms with Crippen molar-refractivity contribution in [2.24, 2.45) is 0 Å². The molecule has 2 aliphatic rings. The molecule has 2 aromatic heterocycles. The van der Waals surface area contributed by atoms with Gasteiger partial charge in [-0.15, -0.1) is 24.8 Å². The van der Waals surface area contributed by atoms with Crippen LogP contribution in [0.1, 0.15) is 74.8 Å². The van der Waals surface area contributed by atoms with Gasteiger partial charge in [-0.05, 0) is 0 Å². The largest absolute Gasteiger partial charge is 0.147 e. The summed E-state index contributed by atoms with van der Waals surface area (Å²) in [5.74, 6) is 3.85. The zero-order chi connectivity index (χ0) is 36.6. The molecule has 8 heteroatoms. The normalized spacial score (nSPS) is 15.5. The first kappa shape index (κ1) is 40.8. The van der Waals surface area contributed by atoms with E-state index in [1.165, 1.54) is 66.8 Å². The summed E-state index contributed by atoms with van der Waals surface area (Å²) in [7, 11) is 0. The second-order valence-electron chi connectivity index (χ2n) is 14.8. The zero-order valence-corrected chi connectivity index (χ0v) is 38.4. The Kier molecular flexibility index (Phi) is 12.1. The van der Waals surface area contributed by atoms with Gasteiger partial charge in [0.25, 0.3) is 0 Å². The molecule has 6 aromatic rings. The van der Waals surface area contributed by atoms with Crippen LogP contribution in [-0.4, -0.2) is 5.43 Å². The van der Waals surface area contributed by atoms with E-state index in [-0.39, 0.29) is 32.1 Å². The Hall–Kier alpha value is -2.82. The van der Waals surface area contributed by atoms with Crippen LogP contribution in [0.3, 0.4) is 0 Å². The summed E-state index contributed by atoms with van der Waals surface area (Å²) in [6, 6.07) is 30.3. The van der Waals surface area contributed by atoms with Crippen LogP contribution in [0.2, 0.25) is 23.1 Å². The number of furan rings is 2. The average Bonchev–Trinajstić information content (AvgIpc) is 3.89. The van der Waals surface area contributed by atoms with Gasteiger partial charge in [-0.3, -0.25) is 0 Å². The van der Waals surface area contributed by atoms with Crippen molar-refractivity contribution in [2.75, 3.05) is 0 Å². The van der Waals surface area contributed by atoms with E-state index in [2.05, 4.69) is 140 Å². The van der Waals surface area contributed by atoms with Crippen LogP contribution in [-0.2, 0) is 20.4 Å². The number of benzene rings is 4. The maximum atomic E-state index is 6.65. The van der Waals surface area contributed by atoms with E-state index in [9.17, 15) is 0 Å². The summed E-state index contributed by atoms with van der Waals surface area (Å²) in [5, 5.41) is 1.51. The summed E-state index contributed by atoms with van der Waals surface area (Å²) in [5.41, 5.74) is 17.5. The van der Waals surface area contributed by atoms with Gasteiger partial charge in [0.15, 0.2) is 0 Å². The summed E-state index contributed by atoms with van der Waals surface area (Å²) >= 11 is 10.6. The van der Waals surface area contributed by atoms with Gasteiger partial charge >= 0.3 is 328 Å². The quantitative estimate of drug-likeness (QED) is 0.156. The maximum absolute atomic E-state index is 6.65. The predicted molar refractivity (Wildman–Crippen MR) is 233 cm³/mol. The molecular formula is C46H44Cl4O2SiZr. The molecule has 2 nitrogen and oxygen atoms in total. The number of hydrogen-bond donors (Lipinski definition) is 0. The average molecular weight is 890 g/mol. The molecule has 2 heterocycles. The Morgan fingerprint density at radius 1 is 0.556 bits per heavy atom.